The molecule has 3 amide bonds. The first-order chi connectivity index (χ1) is 10.1. The summed E-state index contributed by atoms with van der Waals surface area (Å²) in [4.78, 5) is 22.6. The molecule has 6 nitrogen and oxygen atoms in total. The van der Waals surface area contributed by atoms with Crippen molar-refractivity contribution in [3.63, 3.8) is 0 Å². The van der Waals surface area contributed by atoms with E-state index < -0.39 is 0 Å². The van der Waals surface area contributed by atoms with Gasteiger partial charge in [0.05, 0.1) is 12.8 Å². The molecule has 0 aliphatic carbocycles. The normalized spacial score (nSPS) is 9.86. The number of nitrogens with one attached hydrogen (secondary N) is 3. The molecule has 1 aromatic carbocycles. The molecule has 21 heavy (non-hydrogen) atoms. The van der Waals surface area contributed by atoms with Gasteiger partial charge in [-0.25, -0.2) is 4.79 Å². The van der Waals surface area contributed by atoms with Gasteiger partial charge in [-0.15, -0.1) is 0 Å². The molecular weight excluding hydrogens is 270 g/mol. The SMILES string of the molecule is CCCNC(=O)NCCc1ccc(OC)c(NC(C)=O)c1. The third kappa shape index (κ3) is 6.16. The lowest BCUT2D eigenvalue weighted by Gasteiger charge is -2.11. The number of rotatable bonds is 7. The number of hydrogen-bond donors (Lipinski definition) is 3. The zero-order chi connectivity index (χ0) is 15.7. The molecule has 0 saturated carbocycles. The highest BCUT2D eigenvalue weighted by Gasteiger charge is 2.06. The number of amides is 3. The molecule has 1 aromatic rings. The lowest BCUT2D eigenvalue weighted by molar-refractivity contribution is -0.114. The average molecular weight is 293 g/mol. The van der Waals surface area contributed by atoms with Crippen molar-refractivity contribution in [2.45, 2.75) is 26.7 Å². The summed E-state index contributed by atoms with van der Waals surface area (Å²) >= 11 is 0. The maximum Gasteiger partial charge on any atom is 0.314 e. The predicted molar refractivity (Wildman–Crippen MR) is 82.7 cm³/mol. The van der Waals surface area contributed by atoms with Crippen LogP contribution in [0.25, 0.3) is 0 Å². The van der Waals surface area contributed by atoms with Gasteiger partial charge >= 0.3 is 6.03 Å². The Morgan fingerprint density at radius 3 is 2.52 bits per heavy atom. The highest BCUT2D eigenvalue weighted by atomic mass is 16.5. The Hall–Kier alpha value is -2.24. The van der Waals surface area contributed by atoms with Crippen LogP contribution in [0.15, 0.2) is 18.2 Å². The summed E-state index contributed by atoms with van der Waals surface area (Å²) in [6.45, 7) is 4.65. The number of carbonyl (C=O) groups is 2. The highest BCUT2D eigenvalue weighted by Crippen LogP contribution is 2.25. The predicted octanol–water partition coefficient (Wildman–Crippen LogP) is 1.91. The summed E-state index contributed by atoms with van der Waals surface area (Å²) in [6, 6.07) is 5.41. The summed E-state index contributed by atoms with van der Waals surface area (Å²) in [5.41, 5.74) is 1.65. The largest absolute Gasteiger partial charge is 0.495 e. The van der Waals surface area contributed by atoms with Crippen LogP contribution in [-0.4, -0.2) is 32.1 Å². The third-order valence-electron chi connectivity index (χ3n) is 2.81. The van der Waals surface area contributed by atoms with Gasteiger partial charge in [0.15, 0.2) is 0 Å². The second-order valence-electron chi connectivity index (χ2n) is 4.65. The number of urea groups is 1. The van der Waals surface area contributed by atoms with Crippen LogP contribution in [0.5, 0.6) is 5.75 Å². The maximum atomic E-state index is 11.4. The van der Waals surface area contributed by atoms with Gasteiger partial charge in [0.2, 0.25) is 5.91 Å². The van der Waals surface area contributed by atoms with Crippen molar-refractivity contribution in [1.29, 1.82) is 0 Å². The molecule has 0 unspecified atom stereocenters. The molecule has 0 spiro atoms. The van der Waals surface area contributed by atoms with Gasteiger partial charge in [-0.2, -0.15) is 0 Å². The molecule has 3 N–H and O–H groups in total. The molecule has 0 fully saturated rings. The van der Waals surface area contributed by atoms with E-state index in [0.29, 0.717) is 30.9 Å². The van der Waals surface area contributed by atoms with Crippen LogP contribution in [0.1, 0.15) is 25.8 Å². The molecule has 116 valence electrons. The van der Waals surface area contributed by atoms with Crippen molar-refractivity contribution in [3.8, 4) is 5.75 Å². The Kier molecular flexibility index (Phi) is 7.08. The summed E-state index contributed by atoms with van der Waals surface area (Å²) in [7, 11) is 1.56. The lowest BCUT2D eigenvalue weighted by atomic mass is 10.1. The molecule has 0 aliphatic rings. The van der Waals surface area contributed by atoms with E-state index in [2.05, 4.69) is 16.0 Å². The van der Waals surface area contributed by atoms with Crippen LogP contribution >= 0.6 is 0 Å². The van der Waals surface area contributed by atoms with E-state index in [1.54, 1.807) is 13.2 Å². The van der Waals surface area contributed by atoms with E-state index >= 15 is 0 Å². The number of hydrogen-bond acceptors (Lipinski definition) is 3. The molecule has 0 aromatic heterocycles. The molecule has 0 bridgehead atoms. The fourth-order valence-corrected chi connectivity index (χ4v) is 1.82. The minimum absolute atomic E-state index is 0.150. The second-order valence-corrected chi connectivity index (χ2v) is 4.65. The van der Waals surface area contributed by atoms with Gasteiger partial charge in [0.1, 0.15) is 5.75 Å². The molecule has 0 atom stereocenters. The molecule has 1 rings (SSSR count). The summed E-state index contributed by atoms with van der Waals surface area (Å²) < 4.78 is 5.19. The number of anilines is 1. The van der Waals surface area contributed by atoms with Crippen molar-refractivity contribution in [3.05, 3.63) is 23.8 Å². The van der Waals surface area contributed by atoms with Crippen LogP contribution in [0.2, 0.25) is 0 Å². The fourth-order valence-electron chi connectivity index (χ4n) is 1.82. The van der Waals surface area contributed by atoms with E-state index in [4.69, 9.17) is 4.74 Å². The smallest absolute Gasteiger partial charge is 0.314 e. The van der Waals surface area contributed by atoms with Crippen LogP contribution < -0.4 is 20.7 Å². The van der Waals surface area contributed by atoms with Gasteiger partial charge in [-0.05, 0) is 30.5 Å². The Morgan fingerprint density at radius 2 is 1.90 bits per heavy atom. The first-order valence-electron chi connectivity index (χ1n) is 7.03. The number of benzene rings is 1. The van der Waals surface area contributed by atoms with Gasteiger partial charge in [0, 0.05) is 20.0 Å². The summed E-state index contributed by atoms with van der Waals surface area (Å²) in [6.07, 6.45) is 1.59. The average Bonchev–Trinajstić information content (AvgIpc) is 2.45. The van der Waals surface area contributed by atoms with Gasteiger partial charge in [-0.1, -0.05) is 13.0 Å². The first kappa shape index (κ1) is 16.8. The summed E-state index contributed by atoms with van der Waals surface area (Å²) in [5.74, 6) is 0.463. The zero-order valence-corrected chi connectivity index (χ0v) is 12.8. The number of methoxy groups -OCH3 is 1. The quantitative estimate of drug-likeness (QED) is 0.718. The van der Waals surface area contributed by atoms with E-state index in [0.717, 1.165) is 12.0 Å². The Bertz CT molecular complexity index is 489. The topological polar surface area (TPSA) is 79.5 Å². The minimum Gasteiger partial charge on any atom is -0.495 e. The monoisotopic (exact) mass is 293 g/mol. The van der Waals surface area contributed by atoms with E-state index in [-0.39, 0.29) is 11.9 Å². The van der Waals surface area contributed by atoms with E-state index in [1.807, 2.05) is 19.1 Å². The maximum absolute atomic E-state index is 11.4. The van der Waals surface area contributed by atoms with Gasteiger partial charge in [0.25, 0.3) is 0 Å². The lowest BCUT2D eigenvalue weighted by Crippen LogP contribution is -2.36. The molecule has 0 radical (unpaired) electrons. The van der Waals surface area contributed by atoms with E-state index in [9.17, 15) is 9.59 Å². The Labute approximate surface area is 125 Å². The van der Waals surface area contributed by atoms with Crippen molar-refractivity contribution < 1.29 is 14.3 Å². The number of ether oxygens (including phenoxy) is 1. The molecule has 0 aliphatic heterocycles. The van der Waals surface area contributed by atoms with Crippen LogP contribution in [0.4, 0.5) is 10.5 Å². The standard InChI is InChI=1S/C15H23N3O3/c1-4-8-16-15(20)17-9-7-12-5-6-14(21-3)13(10-12)18-11(2)19/h5-6,10H,4,7-9H2,1-3H3,(H,18,19)(H2,16,17,20). The van der Waals surface area contributed by atoms with Crippen molar-refractivity contribution in [2.24, 2.45) is 0 Å². The molecule has 0 saturated heterocycles. The number of carbonyl (C=O) groups excluding carboxylic acids is 2. The van der Waals surface area contributed by atoms with Crippen LogP contribution in [0.3, 0.4) is 0 Å². The van der Waals surface area contributed by atoms with E-state index in [1.165, 1.54) is 6.92 Å². The summed E-state index contributed by atoms with van der Waals surface area (Å²) in [5, 5.41) is 8.26. The minimum atomic E-state index is -0.160. The van der Waals surface area contributed by atoms with Crippen LogP contribution in [0, 0.1) is 0 Å². The van der Waals surface area contributed by atoms with Crippen LogP contribution in [-0.2, 0) is 11.2 Å². The third-order valence-corrected chi connectivity index (χ3v) is 2.81. The van der Waals surface area contributed by atoms with Gasteiger partial charge < -0.3 is 20.7 Å². The molecule has 6 heteroatoms. The van der Waals surface area contributed by atoms with Crippen molar-refractivity contribution >= 4 is 17.6 Å². The molecular formula is C15H23N3O3. The molecule has 0 heterocycles. The zero-order valence-electron chi connectivity index (χ0n) is 12.8. The van der Waals surface area contributed by atoms with Crippen molar-refractivity contribution in [1.82, 2.24) is 10.6 Å². The van der Waals surface area contributed by atoms with Crippen molar-refractivity contribution in [2.75, 3.05) is 25.5 Å². The highest BCUT2D eigenvalue weighted by molar-refractivity contribution is 5.90. The fraction of sp³-hybridized carbons (Fsp3) is 0.467. The Morgan fingerprint density at radius 1 is 1.19 bits per heavy atom. The second kappa shape index (κ2) is 8.84. The Balaban J connectivity index is 2.55. The first-order valence-corrected chi connectivity index (χ1v) is 7.03. The van der Waals surface area contributed by atoms with Gasteiger partial charge in [-0.3, -0.25) is 4.79 Å².